The van der Waals surface area contributed by atoms with Crippen LogP contribution in [-0.2, 0) is 22.5 Å². The van der Waals surface area contributed by atoms with E-state index in [2.05, 4.69) is 40.4 Å². The molecule has 2 aliphatic rings. The van der Waals surface area contributed by atoms with Gasteiger partial charge < -0.3 is 10.1 Å². The monoisotopic (exact) mass is 342 g/mol. The van der Waals surface area contributed by atoms with Crippen LogP contribution in [0.25, 0.3) is 0 Å². The molecule has 0 saturated heterocycles. The standard InChI is InChI=1S/C20H26N2O3/c1-20(2,3)25-19(24)21-17-10-16(13-23)18(11-17)22-9-8-14-6-4-5-7-15(14)12-22/h4-7,17-18H,8-12H2,1-3H3,(H,21,24). The zero-order valence-electron chi connectivity index (χ0n) is 15.2. The lowest BCUT2D eigenvalue weighted by atomic mass is 9.97. The fourth-order valence-electron chi connectivity index (χ4n) is 3.74. The molecule has 2 atom stereocenters. The number of hydrogen-bond acceptors (Lipinski definition) is 4. The van der Waals surface area contributed by atoms with Gasteiger partial charge in [-0.3, -0.25) is 4.90 Å². The van der Waals surface area contributed by atoms with Crippen LogP contribution in [0.3, 0.4) is 0 Å². The Labute approximate surface area is 149 Å². The summed E-state index contributed by atoms with van der Waals surface area (Å²) in [5.41, 5.74) is 2.93. The van der Waals surface area contributed by atoms with Gasteiger partial charge in [0.25, 0.3) is 0 Å². The molecule has 1 heterocycles. The van der Waals surface area contributed by atoms with Crippen LogP contribution in [0.15, 0.2) is 29.8 Å². The lowest BCUT2D eigenvalue weighted by molar-refractivity contribution is 0.0502. The summed E-state index contributed by atoms with van der Waals surface area (Å²) >= 11 is 0. The number of carbonyl (C=O) groups is 1. The van der Waals surface area contributed by atoms with Gasteiger partial charge in [0.2, 0.25) is 0 Å². The molecule has 1 aliphatic heterocycles. The van der Waals surface area contributed by atoms with Crippen LogP contribution >= 0.6 is 0 Å². The van der Waals surface area contributed by atoms with Crippen LogP contribution in [0.2, 0.25) is 0 Å². The number of carbonyl (C=O) groups excluding carboxylic acids is 2. The Balaban J connectivity index is 1.65. The van der Waals surface area contributed by atoms with Gasteiger partial charge >= 0.3 is 6.09 Å². The van der Waals surface area contributed by atoms with Crippen LogP contribution in [-0.4, -0.2) is 41.2 Å². The van der Waals surface area contributed by atoms with E-state index in [0.29, 0.717) is 6.42 Å². The molecule has 0 spiro atoms. The molecule has 5 nitrogen and oxygen atoms in total. The average molecular weight is 342 g/mol. The topological polar surface area (TPSA) is 58.6 Å². The molecular weight excluding hydrogens is 316 g/mol. The van der Waals surface area contributed by atoms with Crippen molar-refractivity contribution in [1.29, 1.82) is 0 Å². The number of amides is 1. The Kier molecular flexibility index (Phi) is 4.98. The van der Waals surface area contributed by atoms with Crippen LogP contribution in [0, 0.1) is 0 Å². The van der Waals surface area contributed by atoms with E-state index < -0.39 is 11.7 Å². The van der Waals surface area contributed by atoms with Gasteiger partial charge in [0.15, 0.2) is 0 Å². The lowest BCUT2D eigenvalue weighted by Gasteiger charge is -2.33. The van der Waals surface area contributed by atoms with Crippen molar-refractivity contribution >= 4 is 12.0 Å². The van der Waals surface area contributed by atoms with Gasteiger partial charge in [-0.15, -0.1) is 0 Å². The van der Waals surface area contributed by atoms with Crippen LogP contribution in [0.4, 0.5) is 4.79 Å². The van der Waals surface area contributed by atoms with Crippen molar-refractivity contribution in [3.8, 4) is 0 Å². The number of rotatable bonds is 2. The largest absolute Gasteiger partial charge is 0.444 e. The van der Waals surface area contributed by atoms with Gasteiger partial charge in [0, 0.05) is 37.2 Å². The number of ether oxygens (including phenoxy) is 1. The van der Waals surface area contributed by atoms with E-state index in [1.165, 1.54) is 11.1 Å². The van der Waals surface area contributed by atoms with Crippen molar-refractivity contribution in [1.82, 2.24) is 10.2 Å². The lowest BCUT2D eigenvalue weighted by Crippen LogP contribution is -2.41. The Morgan fingerprint density at radius 1 is 1.28 bits per heavy atom. The average Bonchev–Trinajstić information content (AvgIpc) is 2.95. The van der Waals surface area contributed by atoms with Crippen molar-refractivity contribution in [2.45, 2.75) is 64.3 Å². The van der Waals surface area contributed by atoms with Crippen molar-refractivity contribution in [3.63, 3.8) is 0 Å². The van der Waals surface area contributed by atoms with E-state index in [1.807, 2.05) is 20.8 Å². The quantitative estimate of drug-likeness (QED) is 0.840. The van der Waals surface area contributed by atoms with E-state index in [0.717, 1.165) is 31.5 Å². The summed E-state index contributed by atoms with van der Waals surface area (Å²) in [6.45, 7) is 7.28. The van der Waals surface area contributed by atoms with E-state index in [9.17, 15) is 9.59 Å². The summed E-state index contributed by atoms with van der Waals surface area (Å²) in [5, 5.41) is 2.90. The molecule has 1 aromatic carbocycles. The second kappa shape index (κ2) is 7.03. The first-order chi connectivity index (χ1) is 11.9. The molecule has 134 valence electrons. The Bertz CT molecular complexity index is 701. The van der Waals surface area contributed by atoms with Crippen LogP contribution in [0.5, 0.6) is 0 Å². The zero-order chi connectivity index (χ0) is 18.0. The van der Waals surface area contributed by atoms with E-state index in [1.54, 1.807) is 0 Å². The highest BCUT2D eigenvalue weighted by Gasteiger charge is 2.37. The van der Waals surface area contributed by atoms with Crippen molar-refractivity contribution in [3.05, 3.63) is 41.0 Å². The van der Waals surface area contributed by atoms with Crippen LogP contribution in [0.1, 0.15) is 44.7 Å². The third-order valence-electron chi connectivity index (χ3n) is 4.83. The van der Waals surface area contributed by atoms with Gasteiger partial charge in [-0.1, -0.05) is 24.3 Å². The molecule has 1 fully saturated rings. The van der Waals surface area contributed by atoms with Crippen LogP contribution < -0.4 is 5.32 Å². The molecule has 0 aromatic heterocycles. The Morgan fingerprint density at radius 3 is 2.68 bits per heavy atom. The molecule has 3 rings (SSSR count). The highest BCUT2D eigenvalue weighted by atomic mass is 16.6. The molecule has 1 saturated carbocycles. The molecule has 0 radical (unpaired) electrons. The first-order valence-electron chi connectivity index (χ1n) is 8.90. The number of alkyl carbamates (subject to hydrolysis) is 1. The highest BCUT2D eigenvalue weighted by Crippen LogP contribution is 2.32. The number of benzene rings is 1. The van der Waals surface area contributed by atoms with E-state index in [-0.39, 0.29) is 12.1 Å². The number of nitrogens with one attached hydrogen (secondary N) is 1. The second-order valence-electron chi connectivity index (χ2n) is 7.92. The SMILES string of the molecule is CC(C)(C)OC(=O)NC1CC(=C=O)C(N2CCc3ccccc3C2)C1. The predicted octanol–water partition coefficient (Wildman–Crippen LogP) is 2.86. The zero-order valence-corrected chi connectivity index (χ0v) is 15.2. The summed E-state index contributed by atoms with van der Waals surface area (Å²) in [6.07, 6.45) is 1.84. The molecular formula is C20H26N2O3. The molecule has 5 heteroatoms. The van der Waals surface area contributed by atoms with E-state index in [4.69, 9.17) is 4.74 Å². The Morgan fingerprint density at radius 2 is 2.00 bits per heavy atom. The first-order valence-corrected chi connectivity index (χ1v) is 8.90. The summed E-state index contributed by atoms with van der Waals surface area (Å²) in [6, 6.07) is 8.42. The predicted molar refractivity (Wildman–Crippen MR) is 95.9 cm³/mol. The third-order valence-corrected chi connectivity index (χ3v) is 4.83. The fraction of sp³-hybridized carbons (Fsp3) is 0.550. The highest BCUT2D eigenvalue weighted by molar-refractivity contribution is 5.68. The summed E-state index contributed by atoms with van der Waals surface area (Å²) in [5.74, 6) is 2.12. The minimum absolute atomic E-state index is 0.0470. The molecule has 1 aromatic rings. The molecule has 2 unspecified atom stereocenters. The molecule has 25 heavy (non-hydrogen) atoms. The van der Waals surface area contributed by atoms with E-state index >= 15 is 0 Å². The number of hydrogen-bond donors (Lipinski definition) is 1. The first kappa shape index (κ1) is 17.7. The summed E-state index contributed by atoms with van der Waals surface area (Å²) in [7, 11) is 0. The van der Waals surface area contributed by atoms with Gasteiger partial charge in [0.1, 0.15) is 11.5 Å². The van der Waals surface area contributed by atoms with Gasteiger partial charge in [0.05, 0.1) is 0 Å². The molecule has 0 bridgehead atoms. The maximum atomic E-state index is 12.0. The second-order valence-corrected chi connectivity index (χ2v) is 7.92. The van der Waals surface area contributed by atoms with Gasteiger partial charge in [-0.2, -0.15) is 0 Å². The van der Waals surface area contributed by atoms with Crippen molar-refractivity contribution in [2.24, 2.45) is 0 Å². The summed E-state index contributed by atoms with van der Waals surface area (Å²) in [4.78, 5) is 25.8. The van der Waals surface area contributed by atoms with Gasteiger partial charge in [-0.05, 0) is 44.7 Å². The molecule has 1 amide bonds. The Hall–Kier alpha value is -2.10. The maximum Gasteiger partial charge on any atom is 0.407 e. The minimum atomic E-state index is -0.526. The number of fused-ring (bicyclic) bond motifs is 1. The van der Waals surface area contributed by atoms with Crippen molar-refractivity contribution < 1.29 is 14.3 Å². The smallest absolute Gasteiger partial charge is 0.407 e. The summed E-state index contributed by atoms with van der Waals surface area (Å²) < 4.78 is 5.32. The minimum Gasteiger partial charge on any atom is -0.444 e. The number of nitrogens with zero attached hydrogens (tertiary/aromatic N) is 1. The fourth-order valence-corrected chi connectivity index (χ4v) is 3.74. The molecule has 1 aliphatic carbocycles. The van der Waals surface area contributed by atoms with Gasteiger partial charge in [-0.25, -0.2) is 9.59 Å². The molecule has 1 N–H and O–H groups in total. The maximum absolute atomic E-state index is 12.0. The third kappa shape index (κ3) is 4.30. The normalized spacial score (nSPS) is 23.7. The van der Waals surface area contributed by atoms with Crippen molar-refractivity contribution in [2.75, 3.05) is 6.54 Å².